The van der Waals surface area contributed by atoms with E-state index in [0.29, 0.717) is 18.1 Å². The summed E-state index contributed by atoms with van der Waals surface area (Å²) in [6.45, 7) is 6.79. The van der Waals surface area contributed by atoms with Crippen LogP contribution in [0.3, 0.4) is 0 Å². The molecule has 4 heteroatoms. The van der Waals surface area contributed by atoms with Crippen LogP contribution in [0.2, 0.25) is 0 Å². The summed E-state index contributed by atoms with van der Waals surface area (Å²) in [5, 5.41) is 0. The third-order valence-electron chi connectivity index (χ3n) is 3.85. The summed E-state index contributed by atoms with van der Waals surface area (Å²) >= 11 is 0. The van der Waals surface area contributed by atoms with Crippen molar-refractivity contribution in [3.8, 4) is 0 Å². The summed E-state index contributed by atoms with van der Waals surface area (Å²) in [7, 11) is 0. The zero-order valence-electron chi connectivity index (χ0n) is 10.2. The van der Waals surface area contributed by atoms with E-state index in [2.05, 4.69) is 11.8 Å². The van der Waals surface area contributed by atoms with Gasteiger partial charge in [0.15, 0.2) is 0 Å². The fourth-order valence-corrected chi connectivity index (χ4v) is 2.65. The monoisotopic (exact) mass is 248 g/mol. The summed E-state index contributed by atoms with van der Waals surface area (Å²) < 4.78 is 5.64. The van der Waals surface area contributed by atoms with Crippen LogP contribution in [-0.4, -0.2) is 43.3 Å². The van der Waals surface area contributed by atoms with Crippen molar-refractivity contribution in [1.82, 2.24) is 4.90 Å². The largest absolute Gasteiger partial charge is 0.378 e. The first kappa shape index (κ1) is 14.2. The summed E-state index contributed by atoms with van der Waals surface area (Å²) in [6, 6.07) is 0.420. The molecule has 2 N–H and O–H groups in total. The zero-order valence-corrected chi connectivity index (χ0v) is 11.0. The maximum absolute atomic E-state index is 6.01. The van der Waals surface area contributed by atoms with Crippen molar-refractivity contribution in [2.45, 2.75) is 44.8 Å². The van der Waals surface area contributed by atoms with Gasteiger partial charge in [-0.05, 0) is 38.1 Å². The second kappa shape index (κ2) is 6.80. The van der Waals surface area contributed by atoms with Crippen molar-refractivity contribution in [3.05, 3.63) is 0 Å². The third kappa shape index (κ3) is 3.88. The minimum atomic E-state index is 0. The van der Waals surface area contributed by atoms with E-state index in [4.69, 9.17) is 10.5 Å². The van der Waals surface area contributed by atoms with Gasteiger partial charge in [-0.1, -0.05) is 6.92 Å². The maximum atomic E-state index is 6.01. The van der Waals surface area contributed by atoms with E-state index >= 15 is 0 Å². The van der Waals surface area contributed by atoms with E-state index in [1.54, 1.807) is 0 Å². The Morgan fingerprint density at radius 1 is 1.38 bits per heavy atom. The molecule has 0 aromatic carbocycles. The Balaban J connectivity index is 0.00000128. The highest BCUT2D eigenvalue weighted by Gasteiger charge is 2.24. The normalized spacial score (nSPS) is 36.0. The van der Waals surface area contributed by atoms with Crippen molar-refractivity contribution in [2.75, 3.05) is 26.2 Å². The van der Waals surface area contributed by atoms with Gasteiger partial charge in [0.2, 0.25) is 0 Å². The predicted octanol–water partition coefficient (Wildman–Crippen LogP) is 1.65. The van der Waals surface area contributed by atoms with Crippen molar-refractivity contribution < 1.29 is 4.74 Å². The number of rotatable bonds is 3. The van der Waals surface area contributed by atoms with Crippen LogP contribution < -0.4 is 5.73 Å². The van der Waals surface area contributed by atoms with E-state index in [9.17, 15) is 0 Å². The molecule has 0 aromatic heterocycles. The number of nitrogens with zero attached hydrogens (tertiary/aromatic N) is 1. The molecule has 2 aliphatic heterocycles. The standard InChI is InChI=1S/C12H24N2O.ClH/c1-10-9-14(7-5-12(10)13)6-4-11-3-2-8-15-11;/h10-12H,2-9,13H2,1H3;1H. The Morgan fingerprint density at radius 3 is 2.81 bits per heavy atom. The zero-order chi connectivity index (χ0) is 10.7. The predicted molar refractivity (Wildman–Crippen MR) is 69.0 cm³/mol. The van der Waals surface area contributed by atoms with Gasteiger partial charge in [0.1, 0.15) is 0 Å². The highest BCUT2D eigenvalue weighted by atomic mass is 35.5. The lowest BCUT2D eigenvalue weighted by atomic mass is 9.94. The van der Waals surface area contributed by atoms with Crippen LogP contribution in [0.1, 0.15) is 32.6 Å². The van der Waals surface area contributed by atoms with Crippen LogP contribution in [0, 0.1) is 5.92 Å². The minimum absolute atomic E-state index is 0. The van der Waals surface area contributed by atoms with Gasteiger partial charge >= 0.3 is 0 Å². The Morgan fingerprint density at radius 2 is 2.19 bits per heavy atom. The summed E-state index contributed by atoms with van der Waals surface area (Å²) in [5.41, 5.74) is 6.01. The van der Waals surface area contributed by atoms with Gasteiger partial charge in [0.25, 0.3) is 0 Å². The fraction of sp³-hybridized carbons (Fsp3) is 1.00. The van der Waals surface area contributed by atoms with Gasteiger partial charge in [-0.15, -0.1) is 12.4 Å². The maximum Gasteiger partial charge on any atom is 0.0588 e. The van der Waals surface area contributed by atoms with Crippen LogP contribution in [0.5, 0.6) is 0 Å². The number of likely N-dealkylation sites (tertiary alicyclic amines) is 1. The van der Waals surface area contributed by atoms with Crippen LogP contribution in [0.15, 0.2) is 0 Å². The lowest BCUT2D eigenvalue weighted by molar-refractivity contribution is 0.0818. The lowest BCUT2D eigenvalue weighted by Crippen LogP contribution is -2.46. The molecule has 96 valence electrons. The van der Waals surface area contributed by atoms with E-state index in [1.807, 2.05) is 0 Å². The van der Waals surface area contributed by atoms with Crippen molar-refractivity contribution in [3.63, 3.8) is 0 Å². The average Bonchev–Trinajstić information content (AvgIpc) is 2.73. The SMILES string of the molecule is CC1CN(CCC2CCCO2)CCC1N.Cl. The second-order valence-corrected chi connectivity index (χ2v) is 5.15. The van der Waals surface area contributed by atoms with Gasteiger partial charge < -0.3 is 15.4 Å². The van der Waals surface area contributed by atoms with Gasteiger partial charge in [-0.3, -0.25) is 0 Å². The summed E-state index contributed by atoms with van der Waals surface area (Å²) in [5.74, 6) is 0.656. The molecule has 0 radical (unpaired) electrons. The number of ether oxygens (including phenoxy) is 1. The molecule has 16 heavy (non-hydrogen) atoms. The first-order chi connectivity index (χ1) is 7.25. The number of hydrogen-bond donors (Lipinski definition) is 1. The molecule has 3 atom stereocenters. The number of halogens is 1. The molecule has 0 aliphatic carbocycles. The summed E-state index contributed by atoms with van der Waals surface area (Å²) in [6.07, 6.45) is 5.43. The van der Waals surface area contributed by atoms with Crippen molar-refractivity contribution in [1.29, 1.82) is 0 Å². The molecule has 2 fully saturated rings. The Hall–Kier alpha value is 0.170. The number of nitrogens with two attached hydrogens (primary N) is 1. The lowest BCUT2D eigenvalue weighted by Gasteiger charge is -2.35. The molecule has 2 aliphatic rings. The molecule has 2 saturated heterocycles. The molecule has 0 saturated carbocycles. The molecule has 2 rings (SSSR count). The Bertz CT molecular complexity index is 197. The second-order valence-electron chi connectivity index (χ2n) is 5.15. The van der Waals surface area contributed by atoms with Crippen LogP contribution >= 0.6 is 12.4 Å². The molecular formula is C12H25ClN2O. The average molecular weight is 249 g/mol. The van der Waals surface area contributed by atoms with Crippen LogP contribution in [0.4, 0.5) is 0 Å². The molecule has 2 heterocycles. The van der Waals surface area contributed by atoms with E-state index in [1.165, 1.54) is 38.9 Å². The van der Waals surface area contributed by atoms with Gasteiger partial charge in [0, 0.05) is 25.7 Å². The van der Waals surface area contributed by atoms with Gasteiger partial charge in [-0.2, -0.15) is 0 Å². The first-order valence-electron chi connectivity index (χ1n) is 6.35. The molecule has 0 aromatic rings. The Labute approximate surface area is 105 Å². The molecule has 0 bridgehead atoms. The molecule has 3 unspecified atom stereocenters. The van der Waals surface area contributed by atoms with Crippen LogP contribution in [0.25, 0.3) is 0 Å². The topological polar surface area (TPSA) is 38.5 Å². The number of piperidine rings is 1. The fourth-order valence-electron chi connectivity index (χ4n) is 2.65. The molecule has 0 spiro atoms. The van der Waals surface area contributed by atoms with E-state index in [-0.39, 0.29) is 12.4 Å². The van der Waals surface area contributed by atoms with Gasteiger partial charge in [0.05, 0.1) is 6.10 Å². The van der Waals surface area contributed by atoms with Crippen LogP contribution in [-0.2, 0) is 4.74 Å². The molecular weight excluding hydrogens is 224 g/mol. The highest BCUT2D eigenvalue weighted by Crippen LogP contribution is 2.19. The smallest absolute Gasteiger partial charge is 0.0588 e. The summed E-state index contributed by atoms with van der Waals surface area (Å²) in [4.78, 5) is 2.55. The van der Waals surface area contributed by atoms with E-state index < -0.39 is 0 Å². The third-order valence-corrected chi connectivity index (χ3v) is 3.85. The number of hydrogen-bond acceptors (Lipinski definition) is 3. The molecule has 3 nitrogen and oxygen atoms in total. The van der Waals surface area contributed by atoms with Gasteiger partial charge in [-0.25, -0.2) is 0 Å². The molecule has 0 amide bonds. The van der Waals surface area contributed by atoms with E-state index in [0.717, 1.165) is 13.0 Å². The quantitative estimate of drug-likeness (QED) is 0.826. The highest BCUT2D eigenvalue weighted by molar-refractivity contribution is 5.85. The Kier molecular flexibility index (Phi) is 6.05. The van der Waals surface area contributed by atoms with Crippen molar-refractivity contribution in [2.24, 2.45) is 11.7 Å². The first-order valence-corrected chi connectivity index (χ1v) is 6.35. The van der Waals surface area contributed by atoms with Crippen molar-refractivity contribution >= 4 is 12.4 Å². The minimum Gasteiger partial charge on any atom is -0.378 e.